The molecule has 0 aliphatic heterocycles. The van der Waals surface area contributed by atoms with Crippen molar-refractivity contribution in [1.29, 1.82) is 0 Å². The van der Waals surface area contributed by atoms with Crippen molar-refractivity contribution in [2.75, 3.05) is 7.05 Å². The molecule has 1 nitrogen and oxygen atoms in total. The van der Waals surface area contributed by atoms with Gasteiger partial charge in [-0.3, -0.25) is 0 Å². The molecule has 0 aliphatic carbocycles. The standard InChI is InChI=1S/C5H13N.2ClH/c1-4-5(2)6-3;;/h5-6H,4H2,1-3H3;2*1H. The highest BCUT2D eigenvalue weighted by atomic mass is 35.5. The van der Waals surface area contributed by atoms with Crippen molar-refractivity contribution in [3.63, 3.8) is 0 Å². The van der Waals surface area contributed by atoms with Gasteiger partial charge in [-0.2, -0.15) is 0 Å². The Morgan fingerprint density at radius 1 is 1.38 bits per heavy atom. The summed E-state index contributed by atoms with van der Waals surface area (Å²) < 4.78 is 0. The first-order valence-electron chi connectivity index (χ1n) is 2.48. The van der Waals surface area contributed by atoms with Gasteiger partial charge < -0.3 is 5.32 Å². The van der Waals surface area contributed by atoms with Gasteiger partial charge in [0.2, 0.25) is 0 Å². The smallest absolute Gasteiger partial charge is 0.00331 e. The Balaban J connectivity index is -0.000000125. The summed E-state index contributed by atoms with van der Waals surface area (Å²) in [5.41, 5.74) is 0. The lowest BCUT2D eigenvalue weighted by atomic mass is 10.3. The molecule has 0 bridgehead atoms. The van der Waals surface area contributed by atoms with E-state index in [1.54, 1.807) is 0 Å². The maximum atomic E-state index is 3.11. The highest BCUT2D eigenvalue weighted by Gasteiger charge is 1.86. The summed E-state index contributed by atoms with van der Waals surface area (Å²) in [6.07, 6.45) is 1.22. The lowest BCUT2D eigenvalue weighted by Gasteiger charge is -2.02. The largest absolute Gasteiger partial charge is 0.317 e. The molecule has 0 rings (SSSR count). The Morgan fingerprint density at radius 2 is 1.75 bits per heavy atom. The van der Waals surface area contributed by atoms with Crippen molar-refractivity contribution in [3.8, 4) is 0 Å². The fourth-order valence-electron chi connectivity index (χ4n) is 0.204. The van der Waals surface area contributed by atoms with E-state index in [2.05, 4.69) is 19.2 Å². The van der Waals surface area contributed by atoms with Crippen LogP contribution in [0.5, 0.6) is 0 Å². The first-order valence-corrected chi connectivity index (χ1v) is 2.48. The molecule has 1 unspecified atom stereocenters. The molecule has 0 saturated heterocycles. The van der Waals surface area contributed by atoms with E-state index in [0.717, 1.165) is 0 Å². The summed E-state index contributed by atoms with van der Waals surface area (Å²) in [7, 11) is 1.98. The van der Waals surface area contributed by atoms with Crippen molar-refractivity contribution >= 4 is 24.8 Å². The molecule has 0 aromatic rings. The molecule has 0 radical (unpaired) electrons. The molecule has 0 aromatic heterocycles. The van der Waals surface area contributed by atoms with Crippen molar-refractivity contribution < 1.29 is 0 Å². The van der Waals surface area contributed by atoms with Gasteiger partial charge in [-0.25, -0.2) is 0 Å². The molecule has 3 heteroatoms. The third-order valence-electron chi connectivity index (χ3n) is 1.11. The predicted octanol–water partition coefficient (Wildman–Crippen LogP) is 1.85. The van der Waals surface area contributed by atoms with Crippen LogP contribution in [0.3, 0.4) is 0 Å². The first kappa shape index (κ1) is 15.8. The highest BCUT2D eigenvalue weighted by Crippen LogP contribution is 1.82. The van der Waals surface area contributed by atoms with Gasteiger partial charge in [0.05, 0.1) is 0 Å². The fourth-order valence-corrected chi connectivity index (χ4v) is 0.204. The normalized spacial score (nSPS) is 10.9. The molecule has 0 saturated carbocycles. The van der Waals surface area contributed by atoms with Crippen molar-refractivity contribution in [2.45, 2.75) is 26.3 Å². The minimum atomic E-state index is 0. The molecule has 54 valence electrons. The molecule has 8 heavy (non-hydrogen) atoms. The maximum absolute atomic E-state index is 3.11. The molecule has 0 spiro atoms. The van der Waals surface area contributed by atoms with E-state index in [1.807, 2.05) is 7.05 Å². The molecular weight excluding hydrogens is 145 g/mol. The minimum Gasteiger partial charge on any atom is -0.317 e. The average molecular weight is 160 g/mol. The Morgan fingerprint density at radius 3 is 1.75 bits per heavy atom. The van der Waals surface area contributed by atoms with Gasteiger partial charge in [-0.05, 0) is 20.4 Å². The van der Waals surface area contributed by atoms with Gasteiger partial charge in [0.1, 0.15) is 0 Å². The molecule has 1 N–H and O–H groups in total. The number of halogens is 2. The summed E-state index contributed by atoms with van der Waals surface area (Å²) in [4.78, 5) is 0. The predicted molar refractivity (Wildman–Crippen MR) is 43.3 cm³/mol. The average Bonchev–Trinajstić information content (AvgIpc) is 1.65. The van der Waals surface area contributed by atoms with Gasteiger partial charge in [-0.1, -0.05) is 6.92 Å². The van der Waals surface area contributed by atoms with Crippen LogP contribution in [0, 0.1) is 0 Å². The lowest BCUT2D eigenvalue weighted by Crippen LogP contribution is -2.19. The summed E-state index contributed by atoms with van der Waals surface area (Å²) in [5.74, 6) is 0. The number of hydrogen-bond acceptors (Lipinski definition) is 1. The first-order chi connectivity index (χ1) is 2.81. The summed E-state index contributed by atoms with van der Waals surface area (Å²) in [5, 5.41) is 3.11. The van der Waals surface area contributed by atoms with Crippen LogP contribution in [0.25, 0.3) is 0 Å². The Kier molecular flexibility index (Phi) is 20.8. The van der Waals surface area contributed by atoms with E-state index < -0.39 is 0 Å². The maximum Gasteiger partial charge on any atom is 0.00331 e. The second kappa shape index (κ2) is 10.5. The zero-order chi connectivity index (χ0) is 4.99. The van der Waals surface area contributed by atoms with Gasteiger partial charge in [0.25, 0.3) is 0 Å². The van der Waals surface area contributed by atoms with Gasteiger partial charge in [0.15, 0.2) is 0 Å². The van der Waals surface area contributed by atoms with Crippen molar-refractivity contribution in [3.05, 3.63) is 0 Å². The number of rotatable bonds is 2. The van der Waals surface area contributed by atoms with E-state index >= 15 is 0 Å². The molecule has 0 amide bonds. The SMILES string of the molecule is CCC(C)NC.Cl.Cl. The molecule has 0 fully saturated rings. The topological polar surface area (TPSA) is 12.0 Å². The molecular formula is C5H15Cl2N. The van der Waals surface area contributed by atoms with Crippen LogP contribution in [0.1, 0.15) is 20.3 Å². The molecule has 1 atom stereocenters. The van der Waals surface area contributed by atoms with Crippen LogP contribution in [0.15, 0.2) is 0 Å². The Bertz CT molecular complexity index is 29.6. The fraction of sp³-hybridized carbons (Fsp3) is 1.00. The lowest BCUT2D eigenvalue weighted by molar-refractivity contribution is 0.593. The second-order valence-corrected chi connectivity index (χ2v) is 1.60. The van der Waals surface area contributed by atoms with E-state index in [0.29, 0.717) is 6.04 Å². The molecule has 0 heterocycles. The molecule has 0 aromatic carbocycles. The van der Waals surface area contributed by atoms with Crippen molar-refractivity contribution in [1.82, 2.24) is 5.32 Å². The van der Waals surface area contributed by atoms with Gasteiger partial charge in [0, 0.05) is 6.04 Å². The van der Waals surface area contributed by atoms with Gasteiger partial charge >= 0.3 is 0 Å². The summed E-state index contributed by atoms with van der Waals surface area (Å²) >= 11 is 0. The Labute approximate surface area is 64.1 Å². The van der Waals surface area contributed by atoms with Crippen LogP contribution < -0.4 is 5.32 Å². The zero-order valence-corrected chi connectivity index (χ0v) is 7.23. The molecule has 0 aliphatic rings. The summed E-state index contributed by atoms with van der Waals surface area (Å²) in [6, 6.07) is 0.685. The number of nitrogens with one attached hydrogen (secondary N) is 1. The zero-order valence-electron chi connectivity index (χ0n) is 5.60. The minimum absolute atomic E-state index is 0. The Hall–Kier alpha value is 0.540. The third kappa shape index (κ3) is 9.74. The van der Waals surface area contributed by atoms with E-state index in [1.165, 1.54) is 6.42 Å². The van der Waals surface area contributed by atoms with E-state index in [-0.39, 0.29) is 24.8 Å². The second-order valence-electron chi connectivity index (χ2n) is 1.60. The van der Waals surface area contributed by atoms with Crippen LogP contribution in [-0.2, 0) is 0 Å². The van der Waals surface area contributed by atoms with Crippen LogP contribution in [0.4, 0.5) is 0 Å². The quantitative estimate of drug-likeness (QED) is 0.649. The number of hydrogen-bond donors (Lipinski definition) is 1. The van der Waals surface area contributed by atoms with E-state index in [4.69, 9.17) is 0 Å². The summed E-state index contributed by atoms with van der Waals surface area (Å²) in [6.45, 7) is 4.33. The highest BCUT2D eigenvalue weighted by molar-refractivity contribution is 5.85. The monoisotopic (exact) mass is 159 g/mol. The van der Waals surface area contributed by atoms with Crippen LogP contribution in [0.2, 0.25) is 0 Å². The van der Waals surface area contributed by atoms with Crippen LogP contribution >= 0.6 is 24.8 Å². The van der Waals surface area contributed by atoms with Crippen molar-refractivity contribution in [2.24, 2.45) is 0 Å². The van der Waals surface area contributed by atoms with E-state index in [9.17, 15) is 0 Å². The third-order valence-corrected chi connectivity index (χ3v) is 1.11. The van der Waals surface area contributed by atoms with Crippen LogP contribution in [-0.4, -0.2) is 13.1 Å². The van der Waals surface area contributed by atoms with Gasteiger partial charge in [-0.15, -0.1) is 24.8 Å².